The molecule has 0 atom stereocenters. The van der Waals surface area contributed by atoms with Crippen LogP contribution in [0.2, 0.25) is 5.02 Å². The fraction of sp³-hybridized carbons (Fsp3) is 0.400. The summed E-state index contributed by atoms with van der Waals surface area (Å²) >= 11 is 5.79. The summed E-state index contributed by atoms with van der Waals surface area (Å²) in [5.41, 5.74) is 1.15. The minimum Gasteiger partial charge on any atom is -0.438 e. The van der Waals surface area contributed by atoms with Gasteiger partial charge in [0.15, 0.2) is 11.2 Å². The Bertz CT molecular complexity index is 470. The van der Waals surface area contributed by atoms with Crippen LogP contribution < -0.4 is 0 Å². The van der Waals surface area contributed by atoms with Gasteiger partial charge in [-0.2, -0.15) is 4.98 Å². The van der Waals surface area contributed by atoms with E-state index in [9.17, 15) is 0 Å². The van der Waals surface area contributed by atoms with Gasteiger partial charge in [0.25, 0.3) is 0 Å². The van der Waals surface area contributed by atoms with Gasteiger partial charge in [-0.25, -0.2) is 4.98 Å². The molecule has 0 saturated carbocycles. The minimum atomic E-state index is -0.104. The molecule has 74 valence electrons. The molecule has 0 aromatic carbocycles. The maximum Gasteiger partial charge on any atom is 0.202 e. The van der Waals surface area contributed by atoms with Crippen molar-refractivity contribution in [1.82, 2.24) is 9.97 Å². The van der Waals surface area contributed by atoms with Gasteiger partial charge >= 0.3 is 0 Å². The molecule has 4 heteroatoms. The number of hydrogen-bond acceptors (Lipinski definition) is 3. The van der Waals surface area contributed by atoms with Gasteiger partial charge in [0.2, 0.25) is 5.89 Å². The van der Waals surface area contributed by atoms with Gasteiger partial charge in [-0.05, 0) is 0 Å². The van der Waals surface area contributed by atoms with Crippen molar-refractivity contribution in [3.05, 3.63) is 23.2 Å². The molecule has 2 heterocycles. The van der Waals surface area contributed by atoms with E-state index < -0.39 is 0 Å². The first kappa shape index (κ1) is 9.46. The Kier molecular flexibility index (Phi) is 2.00. The van der Waals surface area contributed by atoms with Gasteiger partial charge in [-0.1, -0.05) is 32.4 Å². The largest absolute Gasteiger partial charge is 0.438 e. The number of fused-ring (bicyclic) bond motifs is 1. The summed E-state index contributed by atoms with van der Waals surface area (Å²) in [6.45, 7) is 6.12. The van der Waals surface area contributed by atoms with Gasteiger partial charge in [0.1, 0.15) is 0 Å². The number of aromatic nitrogens is 2. The maximum absolute atomic E-state index is 5.79. The minimum absolute atomic E-state index is 0.104. The van der Waals surface area contributed by atoms with Crippen LogP contribution in [0.3, 0.4) is 0 Å². The van der Waals surface area contributed by atoms with Crippen molar-refractivity contribution in [1.29, 1.82) is 0 Å². The topological polar surface area (TPSA) is 38.9 Å². The Morgan fingerprint density at radius 2 is 2.07 bits per heavy atom. The third-order valence-corrected chi connectivity index (χ3v) is 2.06. The molecule has 0 N–H and O–H groups in total. The van der Waals surface area contributed by atoms with Crippen LogP contribution in [0, 0.1) is 0 Å². The number of halogens is 1. The fourth-order valence-corrected chi connectivity index (χ4v) is 1.26. The Hall–Kier alpha value is -1.09. The van der Waals surface area contributed by atoms with Gasteiger partial charge in [0, 0.05) is 17.7 Å². The van der Waals surface area contributed by atoms with Crippen LogP contribution >= 0.6 is 11.6 Å². The van der Waals surface area contributed by atoms with Crippen molar-refractivity contribution in [2.75, 3.05) is 0 Å². The highest BCUT2D eigenvalue weighted by molar-refractivity contribution is 6.30. The van der Waals surface area contributed by atoms with Crippen molar-refractivity contribution < 1.29 is 4.42 Å². The highest BCUT2D eigenvalue weighted by Crippen LogP contribution is 2.25. The second-order valence-electron chi connectivity index (χ2n) is 4.24. The Morgan fingerprint density at radius 1 is 1.36 bits per heavy atom. The summed E-state index contributed by atoms with van der Waals surface area (Å²) in [5.74, 6) is 0.683. The molecule has 2 aromatic heterocycles. The Balaban J connectivity index is 2.63. The van der Waals surface area contributed by atoms with E-state index in [4.69, 9.17) is 16.0 Å². The monoisotopic (exact) mass is 210 g/mol. The van der Waals surface area contributed by atoms with E-state index >= 15 is 0 Å². The van der Waals surface area contributed by atoms with E-state index in [-0.39, 0.29) is 5.41 Å². The van der Waals surface area contributed by atoms with Crippen molar-refractivity contribution in [3.8, 4) is 0 Å². The van der Waals surface area contributed by atoms with E-state index in [0.717, 1.165) is 0 Å². The summed E-state index contributed by atoms with van der Waals surface area (Å²) in [6, 6.07) is 1.73. The van der Waals surface area contributed by atoms with E-state index in [1.165, 1.54) is 0 Å². The SMILES string of the molecule is CC(C)(C)c1nc2ncc(Cl)cc2o1. The zero-order valence-corrected chi connectivity index (χ0v) is 9.09. The molecular formula is C10H11ClN2O. The molecule has 0 bridgehead atoms. The van der Waals surface area contributed by atoms with E-state index in [0.29, 0.717) is 22.1 Å². The van der Waals surface area contributed by atoms with Gasteiger partial charge in [0.05, 0.1) is 5.02 Å². The number of pyridine rings is 1. The van der Waals surface area contributed by atoms with Crippen molar-refractivity contribution in [2.45, 2.75) is 26.2 Å². The van der Waals surface area contributed by atoms with E-state index in [1.807, 2.05) is 20.8 Å². The summed E-state index contributed by atoms with van der Waals surface area (Å²) in [4.78, 5) is 8.37. The first-order valence-electron chi connectivity index (χ1n) is 4.39. The van der Waals surface area contributed by atoms with E-state index in [1.54, 1.807) is 12.3 Å². The zero-order valence-electron chi connectivity index (χ0n) is 8.34. The molecule has 0 radical (unpaired) electrons. The Labute approximate surface area is 87.1 Å². The average Bonchev–Trinajstić information content (AvgIpc) is 2.45. The second-order valence-corrected chi connectivity index (χ2v) is 4.68. The normalized spacial score (nSPS) is 12.3. The second kappa shape index (κ2) is 2.95. The third-order valence-electron chi connectivity index (χ3n) is 1.86. The molecular weight excluding hydrogens is 200 g/mol. The molecule has 3 nitrogen and oxygen atoms in total. The predicted octanol–water partition coefficient (Wildman–Crippen LogP) is 3.17. The molecule has 0 fully saturated rings. The fourth-order valence-electron chi connectivity index (χ4n) is 1.12. The predicted molar refractivity (Wildman–Crippen MR) is 55.5 cm³/mol. The molecule has 0 aliphatic heterocycles. The van der Waals surface area contributed by atoms with Crippen molar-refractivity contribution in [2.24, 2.45) is 0 Å². The molecule has 14 heavy (non-hydrogen) atoms. The number of rotatable bonds is 0. The van der Waals surface area contributed by atoms with Gasteiger partial charge in [-0.3, -0.25) is 0 Å². The number of oxazole rings is 1. The lowest BCUT2D eigenvalue weighted by atomic mass is 9.97. The van der Waals surface area contributed by atoms with Crippen molar-refractivity contribution >= 4 is 22.8 Å². The first-order chi connectivity index (χ1) is 6.47. The van der Waals surface area contributed by atoms with Crippen molar-refractivity contribution in [3.63, 3.8) is 0 Å². The quantitative estimate of drug-likeness (QED) is 0.671. The molecule has 0 spiro atoms. The van der Waals surface area contributed by atoms with Crippen LogP contribution in [0.5, 0.6) is 0 Å². The molecule has 0 unspecified atom stereocenters. The highest BCUT2D eigenvalue weighted by atomic mass is 35.5. The van der Waals surface area contributed by atoms with Gasteiger partial charge < -0.3 is 4.42 Å². The average molecular weight is 211 g/mol. The van der Waals surface area contributed by atoms with Crippen LogP contribution in [-0.2, 0) is 5.41 Å². The van der Waals surface area contributed by atoms with Crippen LogP contribution in [-0.4, -0.2) is 9.97 Å². The number of nitrogens with zero attached hydrogens (tertiary/aromatic N) is 2. The van der Waals surface area contributed by atoms with Crippen LogP contribution in [0.15, 0.2) is 16.7 Å². The smallest absolute Gasteiger partial charge is 0.202 e. The van der Waals surface area contributed by atoms with E-state index in [2.05, 4.69) is 9.97 Å². The standard InChI is InChI=1S/C10H11ClN2O/c1-10(2,3)9-13-8-7(14-9)4-6(11)5-12-8/h4-5H,1-3H3. The highest BCUT2D eigenvalue weighted by Gasteiger charge is 2.21. The lowest BCUT2D eigenvalue weighted by molar-refractivity contribution is 0.411. The zero-order chi connectivity index (χ0) is 10.3. The molecule has 0 amide bonds. The molecule has 2 rings (SSSR count). The summed E-state index contributed by atoms with van der Waals surface area (Å²) < 4.78 is 5.56. The molecule has 0 aliphatic rings. The van der Waals surface area contributed by atoms with Crippen LogP contribution in [0.1, 0.15) is 26.7 Å². The van der Waals surface area contributed by atoms with Crippen LogP contribution in [0.4, 0.5) is 0 Å². The first-order valence-corrected chi connectivity index (χ1v) is 4.77. The third kappa shape index (κ3) is 1.60. The molecule has 0 saturated heterocycles. The molecule has 0 aliphatic carbocycles. The summed E-state index contributed by atoms with van der Waals surface area (Å²) in [6.07, 6.45) is 1.57. The maximum atomic E-state index is 5.79. The summed E-state index contributed by atoms with van der Waals surface area (Å²) in [5, 5.41) is 0.564. The van der Waals surface area contributed by atoms with Crippen LogP contribution in [0.25, 0.3) is 11.2 Å². The van der Waals surface area contributed by atoms with Gasteiger partial charge in [-0.15, -0.1) is 0 Å². The number of hydrogen-bond donors (Lipinski definition) is 0. The lowest BCUT2D eigenvalue weighted by Crippen LogP contribution is -2.11. The summed E-state index contributed by atoms with van der Waals surface area (Å²) in [7, 11) is 0. The lowest BCUT2D eigenvalue weighted by Gasteiger charge is -2.11. The Morgan fingerprint density at radius 3 is 2.71 bits per heavy atom. The molecule has 2 aromatic rings.